The number of hydrogen-bond acceptors (Lipinski definition) is 7. The summed E-state index contributed by atoms with van der Waals surface area (Å²) in [5, 5.41) is 10.8. The van der Waals surface area contributed by atoms with Crippen LogP contribution in [0, 0.1) is 17.0 Å². The van der Waals surface area contributed by atoms with Crippen LogP contribution in [0.25, 0.3) is 0 Å². The van der Waals surface area contributed by atoms with E-state index in [1.165, 1.54) is 12.1 Å². The van der Waals surface area contributed by atoms with Crippen LogP contribution in [-0.4, -0.2) is 58.5 Å². The number of ether oxygens (including phenoxy) is 1. The molecule has 136 valence electrons. The Bertz CT molecular complexity index is 791. The molecule has 9 heteroatoms. The molecule has 1 aliphatic heterocycles. The predicted molar refractivity (Wildman–Crippen MR) is 94.2 cm³/mol. The van der Waals surface area contributed by atoms with E-state index >= 15 is 0 Å². The number of amides is 1. The van der Waals surface area contributed by atoms with E-state index in [-0.39, 0.29) is 18.2 Å². The molecule has 1 saturated heterocycles. The first-order valence-corrected chi connectivity index (χ1v) is 8.22. The summed E-state index contributed by atoms with van der Waals surface area (Å²) in [6, 6.07) is 6.22. The van der Waals surface area contributed by atoms with Crippen molar-refractivity contribution in [3.05, 3.63) is 52.3 Å². The van der Waals surface area contributed by atoms with Crippen LogP contribution in [0.5, 0.6) is 5.75 Å². The maximum Gasteiger partial charge on any atom is 0.272 e. The van der Waals surface area contributed by atoms with Crippen LogP contribution in [0.4, 0.5) is 11.6 Å². The Morgan fingerprint density at radius 1 is 1.23 bits per heavy atom. The van der Waals surface area contributed by atoms with Crippen LogP contribution in [0.3, 0.4) is 0 Å². The summed E-state index contributed by atoms with van der Waals surface area (Å²) in [7, 11) is 0. The lowest BCUT2D eigenvalue weighted by molar-refractivity contribution is -0.385. The van der Waals surface area contributed by atoms with Crippen molar-refractivity contribution in [2.75, 3.05) is 37.7 Å². The van der Waals surface area contributed by atoms with Crippen molar-refractivity contribution in [3.8, 4) is 5.75 Å². The number of anilines is 1. The fourth-order valence-electron chi connectivity index (χ4n) is 2.77. The molecule has 3 rings (SSSR count). The third-order valence-corrected chi connectivity index (χ3v) is 4.19. The monoisotopic (exact) mass is 357 g/mol. The second-order valence-electron chi connectivity index (χ2n) is 5.91. The van der Waals surface area contributed by atoms with Crippen LogP contribution >= 0.6 is 0 Å². The summed E-state index contributed by atoms with van der Waals surface area (Å²) in [4.78, 5) is 34.9. The van der Waals surface area contributed by atoms with E-state index in [2.05, 4.69) is 9.97 Å². The van der Waals surface area contributed by atoms with Gasteiger partial charge in [0.15, 0.2) is 6.61 Å². The molecule has 1 aliphatic rings. The molecule has 1 fully saturated rings. The van der Waals surface area contributed by atoms with E-state index < -0.39 is 4.92 Å². The summed E-state index contributed by atoms with van der Waals surface area (Å²) in [5.74, 6) is 0.990. The summed E-state index contributed by atoms with van der Waals surface area (Å²) >= 11 is 0. The highest BCUT2D eigenvalue weighted by Crippen LogP contribution is 2.23. The molecule has 26 heavy (non-hydrogen) atoms. The van der Waals surface area contributed by atoms with E-state index in [1.54, 1.807) is 36.4 Å². The molecule has 0 saturated carbocycles. The van der Waals surface area contributed by atoms with E-state index in [9.17, 15) is 14.9 Å². The van der Waals surface area contributed by atoms with Gasteiger partial charge in [-0.1, -0.05) is 0 Å². The minimum atomic E-state index is -0.444. The molecule has 0 N–H and O–H groups in total. The molecule has 1 amide bonds. The maximum atomic E-state index is 12.3. The van der Waals surface area contributed by atoms with Crippen molar-refractivity contribution >= 4 is 17.5 Å². The van der Waals surface area contributed by atoms with Gasteiger partial charge in [0.2, 0.25) is 5.95 Å². The normalized spacial score (nSPS) is 14.2. The number of nitro benzene ring substituents is 1. The molecule has 0 spiro atoms. The third-order valence-electron chi connectivity index (χ3n) is 4.19. The number of nitro groups is 1. The van der Waals surface area contributed by atoms with Crippen LogP contribution in [0.1, 0.15) is 5.56 Å². The van der Waals surface area contributed by atoms with Gasteiger partial charge < -0.3 is 14.5 Å². The summed E-state index contributed by atoms with van der Waals surface area (Å²) in [6.07, 6.45) is 3.39. The third kappa shape index (κ3) is 4.05. The van der Waals surface area contributed by atoms with Crippen molar-refractivity contribution < 1.29 is 14.5 Å². The van der Waals surface area contributed by atoms with Gasteiger partial charge in [0.25, 0.3) is 11.6 Å². The first-order valence-electron chi connectivity index (χ1n) is 8.22. The van der Waals surface area contributed by atoms with Gasteiger partial charge in [0.1, 0.15) is 5.75 Å². The predicted octanol–water partition coefficient (Wildman–Crippen LogP) is 1.42. The molecule has 0 aliphatic carbocycles. The zero-order valence-electron chi connectivity index (χ0n) is 14.4. The van der Waals surface area contributed by atoms with Crippen molar-refractivity contribution in [3.63, 3.8) is 0 Å². The van der Waals surface area contributed by atoms with Crippen LogP contribution < -0.4 is 9.64 Å². The zero-order valence-corrected chi connectivity index (χ0v) is 14.4. The van der Waals surface area contributed by atoms with Gasteiger partial charge in [0.05, 0.1) is 4.92 Å². The van der Waals surface area contributed by atoms with Crippen molar-refractivity contribution in [2.24, 2.45) is 0 Å². The molecule has 2 aromatic rings. The quantitative estimate of drug-likeness (QED) is 0.589. The lowest BCUT2D eigenvalue weighted by Gasteiger charge is -2.34. The first-order chi connectivity index (χ1) is 12.5. The standard InChI is InChI=1S/C17H19N5O4/c1-13-11-14(3-4-15(13)22(24)25)26-12-16(23)20-7-9-21(10-8-20)17-18-5-2-6-19-17/h2-6,11H,7-10,12H2,1H3. The Hall–Kier alpha value is -3.23. The smallest absolute Gasteiger partial charge is 0.272 e. The Kier molecular flexibility index (Phi) is 5.26. The fourth-order valence-corrected chi connectivity index (χ4v) is 2.77. The molecule has 0 bridgehead atoms. The largest absolute Gasteiger partial charge is 0.484 e. The number of benzene rings is 1. The van der Waals surface area contributed by atoms with E-state index in [0.717, 1.165) is 0 Å². The SMILES string of the molecule is Cc1cc(OCC(=O)N2CCN(c3ncccn3)CC2)ccc1[N+](=O)[O-]. The van der Waals surface area contributed by atoms with Crippen molar-refractivity contribution in [1.82, 2.24) is 14.9 Å². The van der Waals surface area contributed by atoms with E-state index in [0.29, 0.717) is 43.4 Å². The van der Waals surface area contributed by atoms with Crippen molar-refractivity contribution in [2.45, 2.75) is 6.92 Å². The first kappa shape index (κ1) is 17.6. The van der Waals surface area contributed by atoms with Crippen LogP contribution in [0.2, 0.25) is 0 Å². The molecule has 0 radical (unpaired) electrons. The number of carbonyl (C=O) groups is 1. The molecular weight excluding hydrogens is 338 g/mol. The van der Waals surface area contributed by atoms with Gasteiger partial charge in [-0.15, -0.1) is 0 Å². The van der Waals surface area contributed by atoms with Crippen LogP contribution in [-0.2, 0) is 4.79 Å². The molecular formula is C17H19N5O4. The number of rotatable bonds is 5. The molecule has 0 atom stereocenters. The number of piperazine rings is 1. The highest BCUT2D eigenvalue weighted by atomic mass is 16.6. The number of nitrogens with zero attached hydrogens (tertiary/aromatic N) is 5. The summed E-state index contributed by atoms with van der Waals surface area (Å²) in [5.41, 5.74) is 0.527. The van der Waals surface area contributed by atoms with Crippen LogP contribution in [0.15, 0.2) is 36.7 Å². The molecule has 1 aromatic heterocycles. The number of aromatic nitrogens is 2. The van der Waals surface area contributed by atoms with Gasteiger partial charge in [-0.3, -0.25) is 14.9 Å². The van der Waals surface area contributed by atoms with Crippen molar-refractivity contribution in [1.29, 1.82) is 0 Å². The topological polar surface area (TPSA) is 102 Å². The summed E-state index contributed by atoms with van der Waals surface area (Å²) in [6.45, 7) is 4.00. The zero-order chi connectivity index (χ0) is 18.5. The lowest BCUT2D eigenvalue weighted by atomic mass is 10.2. The second-order valence-corrected chi connectivity index (χ2v) is 5.91. The Morgan fingerprint density at radius 2 is 1.92 bits per heavy atom. The molecule has 2 heterocycles. The second kappa shape index (κ2) is 7.77. The van der Waals surface area contributed by atoms with Gasteiger partial charge in [-0.2, -0.15) is 0 Å². The Morgan fingerprint density at radius 3 is 2.54 bits per heavy atom. The minimum Gasteiger partial charge on any atom is -0.484 e. The number of carbonyl (C=O) groups excluding carboxylic acids is 1. The average Bonchev–Trinajstić information content (AvgIpc) is 2.66. The lowest BCUT2D eigenvalue weighted by Crippen LogP contribution is -2.50. The number of hydrogen-bond donors (Lipinski definition) is 0. The van der Waals surface area contributed by atoms with Gasteiger partial charge in [-0.25, -0.2) is 9.97 Å². The van der Waals surface area contributed by atoms with E-state index in [1.807, 2.05) is 4.90 Å². The fraction of sp³-hybridized carbons (Fsp3) is 0.353. The molecule has 9 nitrogen and oxygen atoms in total. The average molecular weight is 357 g/mol. The number of aryl methyl sites for hydroxylation is 1. The van der Waals surface area contributed by atoms with Gasteiger partial charge in [0, 0.05) is 50.2 Å². The molecule has 1 aromatic carbocycles. The van der Waals surface area contributed by atoms with Gasteiger partial charge in [-0.05, 0) is 25.1 Å². The maximum absolute atomic E-state index is 12.3. The highest BCUT2D eigenvalue weighted by molar-refractivity contribution is 5.78. The van der Waals surface area contributed by atoms with Gasteiger partial charge >= 0.3 is 0 Å². The Balaban J connectivity index is 1.50. The highest BCUT2D eigenvalue weighted by Gasteiger charge is 2.22. The van der Waals surface area contributed by atoms with E-state index in [4.69, 9.17) is 4.74 Å². The minimum absolute atomic E-state index is 0.0305. The molecule has 0 unspecified atom stereocenters. The summed E-state index contributed by atoms with van der Waals surface area (Å²) < 4.78 is 5.50. The Labute approximate surface area is 150 Å².